The summed E-state index contributed by atoms with van der Waals surface area (Å²) in [5.41, 5.74) is 1.84. The molecule has 2 aromatic carbocycles. The molecule has 150 valence electrons. The number of aryl methyl sites for hydroxylation is 1. The number of benzene rings is 2. The number of carbonyl (C=O) groups excluding carboxylic acids is 2. The van der Waals surface area contributed by atoms with Gasteiger partial charge in [-0.05, 0) is 44.5 Å². The molecule has 0 unspecified atom stereocenters. The van der Waals surface area contributed by atoms with E-state index in [1.807, 2.05) is 62.4 Å². The van der Waals surface area contributed by atoms with E-state index in [2.05, 4.69) is 5.32 Å². The Balaban J connectivity index is 1.70. The van der Waals surface area contributed by atoms with Crippen molar-refractivity contribution in [1.29, 1.82) is 0 Å². The second-order valence-electron chi connectivity index (χ2n) is 6.50. The summed E-state index contributed by atoms with van der Waals surface area (Å²) in [6.45, 7) is 4.88. The second kappa shape index (κ2) is 11.0. The van der Waals surface area contributed by atoms with E-state index in [9.17, 15) is 9.59 Å². The molecule has 0 aliphatic heterocycles. The van der Waals surface area contributed by atoms with Crippen LogP contribution in [-0.4, -0.2) is 43.5 Å². The molecule has 2 rings (SSSR count). The van der Waals surface area contributed by atoms with Gasteiger partial charge < -0.3 is 19.7 Å². The minimum Gasteiger partial charge on any atom is -0.490 e. The maximum Gasteiger partial charge on any atom is 0.243 e. The molecule has 2 amide bonds. The van der Waals surface area contributed by atoms with E-state index in [1.54, 1.807) is 7.05 Å². The van der Waals surface area contributed by atoms with Crippen molar-refractivity contribution in [2.75, 3.05) is 32.1 Å². The Hall–Kier alpha value is -3.02. The van der Waals surface area contributed by atoms with Crippen molar-refractivity contribution in [3.05, 3.63) is 54.1 Å². The predicted molar refractivity (Wildman–Crippen MR) is 110 cm³/mol. The Bertz CT molecular complexity index is 774. The maximum atomic E-state index is 12.2. The molecular weight excluding hydrogens is 356 g/mol. The Morgan fingerprint density at radius 3 is 2.29 bits per heavy atom. The van der Waals surface area contributed by atoms with E-state index >= 15 is 0 Å². The molecule has 28 heavy (non-hydrogen) atoms. The zero-order valence-corrected chi connectivity index (χ0v) is 16.7. The Morgan fingerprint density at radius 2 is 1.64 bits per heavy atom. The van der Waals surface area contributed by atoms with E-state index in [-0.39, 0.29) is 18.4 Å². The van der Waals surface area contributed by atoms with Crippen LogP contribution in [0.5, 0.6) is 11.5 Å². The van der Waals surface area contributed by atoms with E-state index < -0.39 is 0 Å². The van der Waals surface area contributed by atoms with Crippen molar-refractivity contribution >= 4 is 17.5 Å². The lowest BCUT2D eigenvalue weighted by atomic mass is 10.2. The SMILES string of the molecule is CCOc1ccccc1OCCCC(=O)N(C)CC(=O)Nc1ccc(C)cc1. The van der Waals surface area contributed by atoms with Gasteiger partial charge in [0.25, 0.3) is 0 Å². The maximum absolute atomic E-state index is 12.2. The van der Waals surface area contributed by atoms with Crippen LogP contribution in [0.25, 0.3) is 0 Å². The van der Waals surface area contributed by atoms with Crippen molar-refractivity contribution in [2.45, 2.75) is 26.7 Å². The van der Waals surface area contributed by atoms with Crippen LogP contribution in [0, 0.1) is 6.92 Å². The van der Waals surface area contributed by atoms with Gasteiger partial charge in [-0.3, -0.25) is 9.59 Å². The molecule has 0 spiro atoms. The number of ether oxygens (including phenoxy) is 2. The van der Waals surface area contributed by atoms with Gasteiger partial charge >= 0.3 is 0 Å². The third-order valence-electron chi connectivity index (χ3n) is 4.08. The van der Waals surface area contributed by atoms with Crippen LogP contribution >= 0.6 is 0 Å². The van der Waals surface area contributed by atoms with Crippen LogP contribution < -0.4 is 14.8 Å². The van der Waals surface area contributed by atoms with E-state index in [0.29, 0.717) is 37.6 Å². The quantitative estimate of drug-likeness (QED) is 0.635. The predicted octanol–water partition coefficient (Wildman–Crippen LogP) is 3.65. The number of nitrogens with zero attached hydrogens (tertiary/aromatic N) is 1. The van der Waals surface area contributed by atoms with Crippen molar-refractivity contribution in [3.63, 3.8) is 0 Å². The number of hydrogen-bond acceptors (Lipinski definition) is 4. The summed E-state index contributed by atoms with van der Waals surface area (Å²) in [4.78, 5) is 25.7. The smallest absolute Gasteiger partial charge is 0.243 e. The van der Waals surface area contributed by atoms with E-state index in [4.69, 9.17) is 9.47 Å². The zero-order valence-electron chi connectivity index (χ0n) is 16.7. The van der Waals surface area contributed by atoms with Gasteiger partial charge in [0, 0.05) is 19.2 Å². The Kier molecular flexibility index (Phi) is 8.34. The summed E-state index contributed by atoms with van der Waals surface area (Å²) >= 11 is 0. The van der Waals surface area contributed by atoms with E-state index in [1.165, 1.54) is 4.90 Å². The number of carbonyl (C=O) groups is 2. The van der Waals surface area contributed by atoms with Crippen LogP contribution in [0.1, 0.15) is 25.3 Å². The minimum atomic E-state index is -0.221. The van der Waals surface area contributed by atoms with Crippen molar-refractivity contribution < 1.29 is 19.1 Å². The highest BCUT2D eigenvalue weighted by Crippen LogP contribution is 2.26. The molecule has 0 saturated carbocycles. The van der Waals surface area contributed by atoms with Gasteiger partial charge in [0.15, 0.2) is 11.5 Å². The second-order valence-corrected chi connectivity index (χ2v) is 6.50. The van der Waals surface area contributed by atoms with E-state index in [0.717, 1.165) is 11.3 Å². The fourth-order valence-electron chi connectivity index (χ4n) is 2.58. The molecule has 0 aliphatic rings. The fraction of sp³-hybridized carbons (Fsp3) is 0.364. The number of nitrogens with one attached hydrogen (secondary N) is 1. The number of likely N-dealkylation sites (N-methyl/N-ethyl adjacent to an activating group) is 1. The van der Waals surface area contributed by atoms with Crippen LogP contribution in [0.15, 0.2) is 48.5 Å². The molecular formula is C22H28N2O4. The third kappa shape index (κ3) is 6.95. The van der Waals surface area contributed by atoms with Crippen molar-refractivity contribution in [2.24, 2.45) is 0 Å². The number of hydrogen-bond donors (Lipinski definition) is 1. The summed E-state index contributed by atoms with van der Waals surface area (Å²) in [5, 5.41) is 2.79. The minimum absolute atomic E-state index is 0.0146. The molecule has 0 heterocycles. The first-order chi connectivity index (χ1) is 13.5. The zero-order chi connectivity index (χ0) is 20.4. The largest absolute Gasteiger partial charge is 0.490 e. The molecule has 6 heteroatoms. The van der Waals surface area contributed by atoms with Crippen molar-refractivity contribution in [3.8, 4) is 11.5 Å². The number of para-hydroxylation sites is 2. The van der Waals surface area contributed by atoms with Gasteiger partial charge in [-0.15, -0.1) is 0 Å². The summed E-state index contributed by atoms with van der Waals surface area (Å²) in [5.74, 6) is 1.05. The molecule has 0 fully saturated rings. The molecule has 0 radical (unpaired) electrons. The van der Waals surface area contributed by atoms with Gasteiger partial charge in [-0.25, -0.2) is 0 Å². The standard InChI is InChI=1S/C22H28N2O4/c1-4-27-19-8-5-6-9-20(19)28-15-7-10-22(26)24(3)16-21(25)23-18-13-11-17(2)12-14-18/h5-6,8-9,11-14H,4,7,10,15-16H2,1-3H3,(H,23,25). The monoisotopic (exact) mass is 384 g/mol. The number of rotatable bonds is 10. The number of amides is 2. The lowest BCUT2D eigenvalue weighted by Gasteiger charge is -2.17. The molecule has 0 aliphatic carbocycles. The van der Waals surface area contributed by atoms with Gasteiger partial charge in [-0.1, -0.05) is 29.8 Å². The fourth-order valence-corrected chi connectivity index (χ4v) is 2.58. The molecule has 0 aromatic heterocycles. The highest BCUT2D eigenvalue weighted by molar-refractivity contribution is 5.94. The normalized spacial score (nSPS) is 10.2. The number of anilines is 1. The van der Waals surface area contributed by atoms with Crippen molar-refractivity contribution in [1.82, 2.24) is 4.90 Å². The van der Waals surface area contributed by atoms with Gasteiger partial charge in [0.2, 0.25) is 11.8 Å². The topological polar surface area (TPSA) is 67.9 Å². The molecule has 2 aromatic rings. The van der Waals surface area contributed by atoms with Crippen LogP contribution in [-0.2, 0) is 9.59 Å². The first-order valence-electron chi connectivity index (χ1n) is 9.44. The molecule has 0 bridgehead atoms. The first-order valence-corrected chi connectivity index (χ1v) is 9.44. The summed E-state index contributed by atoms with van der Waals surface area (Å²) < 4.78 is 11.2. The summed E-state index contributed by atoms with van der Waals surface area (Å²) in [7, 11) is 1.63. The molecule has 0 saturated heterocycles. The lowest BCUT2D eigenvalue weighted by Crippen LogP contribution is -2.34. The van der Waals surface area contributed by atoms with Crippen LogP contribution in [0.2, 0.25) is 0 Å². The van der Waals surface area contributed by atoms with Crippen LogP contribution in [0.4, 0.5) is 5.69 Å². The molecule has 6 nitrogen and oxygen atoms in total. The highest BCUT2D eigenvalue weighted by Gasteiger charge is 2.13. The van der Waals surface area contributed by atoms with Gasteiger partial charge in [0.1, 0.15) is 0 Å². The third-order valence-corrected chi connectivity index (χ3v) is 4.08. The Labute approximate surface area is 166 Å². The first kappa shape index (κ1) is 21.3. The average Bonchev–Trinajstić information content (AvgIpc) is 2.68. The summed E-state index contributed by atoms with van der Waals surface area (Å²) in [6, 6.07) is 15.0. The van der Waals surface area contributed by atoms with Gasteiger partial charge in [-0.2, -0.15) is 0 Å². The average molecular weight is 384 g/mol. The molecule has 1 N–H and O–H groups in total. The van der Waals surface area contributed by atoms with Gasteiger partial charge in [0.05, 0.1) is 19.8 Å². The molecule has 0 atom stereocenters. The van der Waals surface area contributed by atoms with Crippen LogP contribution in [0.3, 0.4) is 0 Å². The highest BCUT2D eigenvalue weighted by atomic mass is 16.5. The summed E-state index contributed by atoms with van der Waals surface area (Å²) in [6.07, 6.45) is 0.869. The Morgan fingerprint density at radius 1 is 1.00 bits per heavy atom. The lowest BCUT2D eigenvalue weighted by molar-refractivity contribution is -0.133.